The number of hydrogen-bond acceptors (Lipinski definition) is 3. The summed E-state index contributed by atoms with van der Waals surface area (Å²) in [5, 5.41) is 11.5. The Balaban J connectivity index is 1.76. The summed E-state index contributed by atoms with van der Waals surface area (Å²) >= 11 is 0. The van der Waals surface area contributed by atoms with E-state index in [4.69, 9.17) is 5.11 Å². The van der Waals surface area contributed by atoms with Gasteiger partial charge in [-0.25, -0.2) is 9.59 Å². The molecule has 6 heteroatoms. The molecule has 0 radical (unpaired) electrons. The van der Waals surface area contributed by atoms with E-state index in [2.05, 4.69) is 4.98 Å². The van der Waals surface area contributed by atoms with Gasteiger partial charge >= 0.3 is 11.7 Å². The molecule has 0 aliphatic heterocycles. The maximum atomic E-state index is 12.8. The van der Waals surface area contributed by atoms with Gasteiger partial charge in [-0.15, -0.1) is 0 Å². The van der Waals surface area contributed by atoms with Crippen molar-refractivity contribution < 1.29 is 9.90 Å². The van der Waals surface area contributed by atoms with E-state index in [1.807, 2.05) is 42.5 Å². The van der Waals surface area contributed by atoms with Gasteiger partial charge in [0.25, 0.3) is 5.56 Å². The van der Waals surface area contributed by atoms with Gasteiger partial charge in [-0.1, -0.05) is 42.5 Å². The van der Waals surface area contributed by atoms with E-state index in [-0.39, 0.29) is 17.5 Å². The SMILES string of the molecule is O=C(O)c1ccc2[nH]c(=O)n(CCc3cccc4ccccc34)c(=O)c2c1. The average Bonchev–Trinajstić information content (AvgIpc) is 2.67. The van der Waals surface area contributed by atoms with Gasteiger partial charge in [0, 0.05) is 6.54 Å². The first kappa shape index (κ1) is 16.8. The number of aromatic amines is 1. The van der Waals surface area contributed by atoms with Crippen molar-refractivity contribution in [3.05, 3.63) is 92.6 Å². The third kappa shape index (κ3) is 3.01. The highest BCUT2D eigenvalue weighted by Gasteiger charge is 2.11. The van der Waals surface area contributed by atoms with Crippen molar-refractivity contribution in [2.24, 2.45) is 0 Å². The molecule has 0 bridgehead atoms. The fourth-order valence-electron chi connectivity index (χ4n) is 3.33. The van der Waals surface area contributed by atoms with E-state index in [1.54, 1.807) is 0 Å². The highest BCUT2D eigenvalue weighted by atomic mass is 16.4. The molecule has 0 aliphatic rings. The number of benzene rings is 3. The topological polar surface area (TPSA) is 92.2 Å². The number of carboxylic acids is 1. The third-order valence-corrected chi connectivity index (χ3v) is 4.71. The highest BCUT2D eigenvalue weighted by Crippen LogP contribution is 2.19. The molecule has 0 unspecified atom stereocenters. The van der Waals surface area contributed by atoms with E-state index in [0.29, 0.717) is 11.9 Å². The molecule has 2 N–H and O–H groups in total. The summed E-state index contributed by atoms with van der Waals surface area (Å²) in [4.78, 5) is 38.9. The van der Waals surface area contributed by atoms with Crippen LogP contribution in [0.15, 0.2) is 70.3 Å². The summed E-state index contributed by atoms with van der Waals surface area (Å²) in [6.45, 7) is 0.204. The molecule has 0 spiro atoms. The van der Waals surface area contributed by atoms with E-state index < -0.39 is 17.2 Å². The van der Waals surface area contributed by atoms with Gasteiger partial charge in [0.05, 0.1) is 16.5 Å². The van der Waals surface area contributed by atoms with Crippen molar-refractivity contribution in [1.82, 2.24) is 9.55 Å². The number of hydrogen-bond donors (Lipinski definition) is 2. The number of nitrogens with one attached hydrogen (secondary N) is 1. The lowest BCUT2D eigenvalue weighted by Crippen LogP contribution is -2.35. The third-order valence-electron chi connectivity index (χ3n) is 4.71. The first-order valence-electron chi connectivity index (χ1n) is 8.51. The first-order chi connectivity index (χ1) is 13.0. The molecule has 1 heterocycles. The first-order valence-corrected chi connectivity index (χ1v) is 8.51. The minimum Gasteiger partial charge on any atom is -0.478 e. The maximum absolute atomic E-state index is 12.8. The zero-order valence-corrected chi connectivity index (χ0v) is 14.3. The normalized spacial score (nSPS) is 11.1. The van der Waals surface area contributed by atoms with Crippen LogP contribution in [0.1, 0.15) is 15.9 Å². The molecular formula is C21H16N2O4. The number of H-pyrrole nitrogens is 1. The number of rotatable bonds is 4. The van der Waals surface area contributed by atoms with Crippen LogP contribution in [0.3, 0.4) is 0 Å². The fraction of sp³-hybridized carbons (Fsp3) is 0.0952. The molecule has 0 amide bonds. The van der Waals surface area contributed by atoms with Crippen LogP contribution in [0, 0.1) is 0 Å². The molecular weight excluding hydrogens is 344 g/mol. The Hall–Kier alpha value is -3.67. The monoisotopic (exact) mass is 360 g/mol. The molecule has 0 atom stereocenters. The minimum atomic E-state index is -1.12. The van der Waals surface area contributed by atoms with Crippen LogP contribution in [0.25, 0.3) is 21.7 Å². The average molecular weight is 360 g/mol. The molecule has 3 aromatic carbocycles. The minimum absolute atomic E-state index is 0.00672. The Labute approximate surface area is 153 Å². The van der Waals surface area contributed by atoms with Crippen molar-refractivity contribution >= 4 is 27.6 Å². The van der Waals surface area contributed by atoms with E-state index >= 15 is 0 Å². The molecule has 6 nitrogen and oxygen atoms in total. The number of fused-ring (bicyclic) bond motifs is 2. The van der Waals surface area contributed by atoms with Crippen molar-refractivity contribution in [3.8, 4) is 0 Å². The van der Waals surface area contributed by atoms with Crippen LogP contribution in [0.5, 0.6) is 0 Å². The zero-order chi connectivity index (χ0) is 19.0. The van der Waals surface area contributed by atoms with Crippen molar-refractivity contribution in [1.29, 1.82) is 0 Å². The molecule has 134 valence electrons. The Morgan fingerprint density at radius 1 is 0.963 bits per heavy atom. The second-order valence-electron chi connectivity index (χ2n) is 6.34. The highest BCUT2D eigenvalue weighted by molar-refractivity contribution is 5.93. The van der Waals surface area contributed by atoms with Crippen LogP contribution in [-0.2, 0) is 13.0 Å². The fourth-order valence-corrected chi connectivity index (χ4v) is 3.33. The Bertz CT molecular complexity index is 1300. The lowest BCUT2D eigenvalue weighted by molar-refractivity contribution is 0.0697. The summed E-state index contributed by atoms with van der Waals surface area (Å²) in [5.74, 6) is -1.12. The number of aromatic carboxylic acids is 1. The predicted molar refractivity (Wildman–Crippen MR) is 103 cm³/mol. The molecule has 1 aromatic heterocycles. The van der Waals surface area contributed by atoms with E-state index in [9.17, 15) is 14.4 Å². The van der Waals surface area contributed by atoms with Crippen molar-refractivity contribution in [2.75, 3.05) is 0 Å². The molecule has 4 rings (SSSR count). The van der Waals surface area contributed by atoms with Gasteiger partial charge in [0.2, 0.25) is 0 Å². The lowest BCUT2D eigenvalue weighted by Gasteiger charge is -2.09. The van der Waals surface area contributed by atoms with Crippen LogP contribution >= 0.6 is 0 Å². The number of aryl methyl sites for hydroxylation is 1. The maximum Gasteiger partial charge on any atom is 0.335 e. The largest absolute Gasteiger partial charge is 0.478 e. The van der Waals surface area contributed by atoms with Crippen molar-refractivity contribution in [2.45, 2.75) is 13.0 Å². The molecule has 0 aliphatic carbocycles. The summed E-state index contributed by atoms with van der Waals surface area (Å²) in [5.41, 5.74) is 0.385. The van der Waals surface area contributed by atoms with Gasteiger partial charge < -0.3 is 10.1 Å². The van der Waals surface area contributed by atoms with Gasteiger partial charge in [-0.05, 0) is 41.0 Å². The Morgan fingerprint density at radius 3 is 2.56 bits per heavy atom. The van der Waals surface area contributed by atoms with Gasteiger partial charge in [-0.2, -0.15) is 0 Å². The second-order valence-corrected chi connectivity index (χ2v) is 6.34. The second kappa shape index (κ2) is 6.57. The molecule has 0 saturated carbocycles. The summed E-state index contributed by atoms with van der Waals surface area (Å²) < 4.78 is 1.12. The van der Waals surface area contributed by atoms with Gasteiger partial charge in [0.1, 0.15) is 0 Å². The summed E-state index contributed by atoms with van der Waals surface area (Å²) in [6, 6.07) is 18.0. The zero-order valence-electron chi connectivity index (χ0n) is 14.3. The van der Waals surface area contributed by atoms with Gasteiger partial charge in [0.15, 0.2) is 0 Å². The van der Waals surface area contributed by atoms with E-state index in [0.717, 1.165) is 20.9 Å². The Morgan fingerprint density at radius 2 is 1.74 bits per heavy atom. The van der Waals surface area contributed by atoms with Gasteiger partial charge in [-0.3, -0.25) is 9.36 Å². The summed E-state index contributed by atoms with van der Waals surface area (Å²) in [7, 11) is 0. The van der Waals surface area contributed by atoms with Crippen LogP contribution < -0.4 is 11.2 Å². The lowest BCUT2D eigenvalue weighted by atomic mass is 10.0. The molecule has 27 heavy (non-hydrogen) atoms. The number of nitrogens with zero attached hydrogens (tertiary/aromatic N) is 1. The molecule has 0 fully saturated rings. The smallest absolute Gasteiger partial charge is 0.335 e. The van der Waals surface area contributed by atoms with Crippen molar-refractivity contribution in [3.63, 3.8) is 0 Å². The van der Waals surface area contributed by atoms with E-state index in [1.165, 1.54) is 18.2 Å². The number of aromatic nitrogens is 2. The molecule has 0 saturated heterocycles. The predicted octanol–water partition coefficient (Wildman–Crippen LogP) is 2.78. The van der Waals surface area contributed by atoms with Crippen LogP contribution in [0.2, 0.25) is 0 Å². The quantitative estimate of drug-likeness (QED) is 0.585. The van der Waals surface area contributed by atoms with Crippen LogP contribution in [0.4, 0.5) is 0 Å². The summed E-state index contributed by atoms with van der Waals surface area (Å²) in [6.07, 6.45) is 0.508. The standard InChI is InChI=1S/C21H16N2O4/c24-19-17-12-15(20(25)26)8-9-18(17)22-21(27)23(19)11-10-14-6-3-5-13-4-1-2-7-16(13)14/h1-9,12H,10-11H2,(H,22,27)(H,25,26). The molecule has 4 aromatic rings. The van der Waals surface area contributed by atoms with Crippen LogP contribution in [-0.4, -0.2) is 20.6 Å². The number of carbonyl (C=O) groups is 1. The number of carboxylic acid groups (broad SMARTS) is 1. The Kier molecular flexibility index (Phi) is 4.08.